The number of carbonyl (C=O) groups excluding carboxylic acids is 1. The minimum absolute atomic E-state index is 0.0935. The molecule has 2 unspecified atom stereocenters. The summed E-state index contributed by atoms with van der Waals surface area (Å²) in [5.74, 6) is 0.797. The molecule has 2 atom stereocenters. The van der Waals surface area contributed by atoms with Gasteiger partial charge in [0.15, 0.2) is 0 Å². The lowest BCUT2D eigenvalue weighted by Gasteiger charge is -2.37. The highest BCUT2D eigenvalue weighted by atomic mass is 32.2. The number of nitrogens with two attached hydrogens (primary N) is 1. The first-order chi connectivity index (χ1) is 8.91. The maximum Gasteiger partial charge on any atom is 0.227 e. The quantitative estimate of drug-likeness (QED) is 0.776. The fourth-order valence-electron chi connectivity index (χ4n) is 2.58. The molecule has 0 aromatic rings. The van der Waals surface area contributed by atoms with E-state index in [0.717, 1.165) is 32.1 Å². The molecule has 0 aromatic carbocycles. The van der Waals surface area contributed by atoms with Crippen LogP contribution in [-0.2, 0) is 15.6 Å². The third-order valence-corrected chi connectivity index (χ3v) is 5.88. The molecule has 1 amide bonds. The van der Waals surface area contributed by atoms with Crippen molar-refractivity contribution in [2.24, 2.45) is 17.1 Å². The minimum atomic E-state index is -0.823. The van der Waals surface area contributed by atoms with Gasteiger partial charge in [-0.25, -0.2) is 0 Å². The maximum atomic E-state index is 12.3. The van der Waals surface area contributed by atoms with Crippen molar-refractivity contribution < 1.29 is 9.00 Å². The zero-order valence-corrected chi connectivity index (χ0v) is 13.2. The SMILES string of the molecule is CC1CCC(CN)(C(=O)NCCC(C)S(C)=O)CC1. The summed E-state index contributed by atoms with van der Waals surface area (Å²) in [5, 5.41) is 3.12. The lowest BCUT2D eigenvalue weighted by Crippen LogP contribution is -2.48. The average molecular weight is 288 g/mol. The normalized spacial score (nSPS) is 30.6. The fraction of sp³-hybridized carbons (Fsp3) is 0.929. The Morgan fingerprint density at radius 3 is 2.53 bits per heavy atom. The molecule has 0 aliphatic heterocycles. The molecular weight excluding hydrogens is 260 g/mol. The summed E-state index contributed by atoms with van der Waals surface area (Å²) in [7, 11) is -0.823. The first-order valence-corrected chi connectivity index (χ1v) is 8.84. The van der Waals surface area contributed by atoms with Gasteiger partial charge in [-0.15, -0.1) is 0 Å². The molecule has 5 heteroatoms. The van der Waals surface area contributed by atoms with E-state index in [-0.39, 0.29) is 16.6 Å². The van der Waals surface area contributed by atoms with Crippen LogP contribution in [0.25, 0.3) is 0 Å². The largest absolute Gasteiger partial charge is 0.356 e. The van der Waals surface area contributed by atoms with Crippen molar-refractivity contribution in [3.05, 3.63) is 0 Å². The Morgan fingerprint density at radius 2 is 2.05 bits per heavy atom. The van der Waals surface area contributed by atoms with Crippen molar-refractivity contribution in [2.75, 3.05) is 19.3 Å². The smallest absolute Gasteiger partial charge is 0.227 e. The van der Waals surface area contributed by atoms with Gasteiger partial charge in [0.05, 0.1) is 5.41 Å². The van der Waals surface area contributed by atoms with Crippen molar-refractivity contribution in [3.8, 4) is 0 Å². The zero-order valence-electron chi connectivity index (χ0n) is 12.4. The van der Waals surface area contributed by atoms with Crippen LogP contribution >= 0.6 is 0 Å². The van der Waals surface area contributed by atoms with E-state index < -0.39 is 10.8 Å². The van der Waals surface area contributed by atoms with E-state index in [1.54, 1.807) is 6.26 Å². The number of carbonyl (C=O) groups is 1. The molecule has 0 aromatic heterocycles. The second-order valence-corrected chi connectivity index (χ2v) is 7.82. The van der Waals surface area contributed by atoms with Crippen LogP contribution in [0.4, 0.5) is 0 Å². The van der Waals surface area contributed by atoms with Crippen LogP contribution in [0, 0.1) is 11.3 Å². The van der Waals surface area contributed by atoms with Gasteiger partial charge >= 0.3 is 0 Å². The van der Waals surface area contributed by atoms with Crippen LogP contribution in [0.1, 0.15) is 46.0 Å². The second kappa shape index (κ2) is 7.39. The molecule has 19 heavy (non-hydrogen) atoms. The maximum absolute atomic E-state index is 12.3. The molecule has 112 valence electrons. The first kappa shape index (κ1) is 16.6. The number of nitrogens with one attached hydrogen (secondary N) is 1. The molecule has 1 fully saturated rings. The molecule has 0 spiro atoms. The van der Waals surface area contributed by atoms with Crippen molar-refractivity contribution in [3.63, 3.8) is 0 Å². The van der Waals surface area contributed by atoms with E-state index in [9.17, 15) is 9.00 Å². The summed E-state index contributed by atoms with van der Waals surface area (Å²) in [6.07, 6.45) is 6.42. The van der Waals surface area contributed by atoms with Crippen LogP contribution in [-0.4, -0.2) is 34.7 Å². The van der Waals surface area contributed by atoms with E-state index in [1.165, 1.54) is 0 Å². The summed E-state index contributed by atoms with van der Waals surface area (Å²) in [6, 6.07) is 0. The Labute approximate surface area is 119 Å². The van der Waals surface area contributed by atoms with Gasteiger partial charge in [0.25, 0.3) is 0 Å². The molecule has 1 aliphatic rings. The molecule has 0 saturated heterocycles. The van der Waals surface area contributed by atoms with Crippen LogP contribution in [0.2, 0.25) is 0 Å². The number of hydrogen-bond acceptors (Lipinski definition) is 3. The topological polar surface area (TPSA) is 72.2 Å². The minimum Gasteiger partial charge on any atom is -0.356 e. The van der Waals surface area contributed by atoms with E-state index in [0.29, 0.717) is 19.0 Å². The highest BCUT2D eigenvalue weighted by molar-refractivity contribution is 7.84. The van der Waals surface area contributed by atoms with Crippen LogP contribution in [0.3, 0.4) is 0 Å². The third kappa shape index (κ3) is 4.56. The van der Waals surface area contributed by atoms with Crippen LogP contribution in [0.5, 0.6) is 0 Å². The van der Waals surface area contributed by atoms with Gasteiger partial charge in [0.1, 0.15) is 0 Å². The van der Waals surface area contributed by atoms with Gasteiger partial charge in [0, 0.05) is 35.4 Å². The molecule has 0 bridgehead atoms. The molecule has 0 heterocycles. The van der Waals surface area contributed by atoms with Crippen molar-refractivity contribution >= 4 is 16.7 Å². The predicted molar refractivity (Wildman–Crippen MR) is 80.3 cm³/mol. The second-order valence-electron chi connectivity index (χ2n) is 6.02. The average Bonchev–Trinajstić information content (AvgIpc) is 2.39. The Balaban J connectivity index is 2.44. The molecule has 3 N–H and O–H groups in total. The van der Waals surface area contributed by atoms with Gasteiger partial charge in [-0.2, -0.15) is 0 Å². The first-order valence-electron chi connectivity index (χ1n) is 7.22. The van der Waals surface area contributed by atoms with E-state index in [1.807, 2.05) is 6.92 Å². The van der Waals surface area contributed by atoms with Gasteiger partial charge in [0.2, 0.25) is 5.91 Å². The number of rotatable bonds is 6. The van der Waals surface area contributed by atoms with Gasteiger partial charge in [-0.1, -0.05) is 13.8 Å². The van der Waals surface area contributed by atoms with E-state index >= 15 is 0 Å². The highest BCUT2D eigenvalue weighted by Crippen LogP contribution is 2.38. The summed E-state index contributed by atoms with van der Waals surface area (Å²) >= 11 is 0. The molecule has 1 aliphatic carbocycles. The Hall–Kier alpha value is -0.420. The lowest BCUT2D eigenvalue weighted by molar-refractivity contribution is -0.132. The van der Waals surface area contributed by atoms with Crippen molar-refractivity contribution in [2.45, 2.75) is 51.2 Å². The number of hydrogen-bond donors (Lipinski definition) is 2. The van der Waals surface area contributed by atoms with Gasteiger partial charge in [-0.3, -0.25) is 9.00 Å². The van der Waals surface area contributed by atoms with Gasteiger partial charge in [-0.05, 0) is 38.0 Å². The zero-order chi connectivity index (χ0) is 14.5. The van der Waals surface area contributed by atoms with Crippen LogP contribution < -0.4 is 11.1 Å². The predicted octanol–water partition coefficient (Wildman–Crippen LogP) is 1.41. The van der Waals surface area contributed by atoms with E-state index in [2.05, 4.69) is 12.2 Å². The monoisotopic (exact) mass is 288 g/mol. The third-order valence-electron chi connectivity index (χ3n) is 4.51. The van der Waals surface area contributed by atoms with Crippen molar-refractivity contribution in [1.82, 2.24) is 5.32 Å². The molecule has 1 saturated carbocycles. The van der Waals surface area contributed by atoms with Crippen LogP contribution in [0.15, 0.2) is 0 Å². The Bertz CT molecular complexity index is 325. The standard InChI is InChI=1S/C14H28N2O2S/c1-11-4-7-14(10-15,8-5-11)13(17)16-9-6-12(2)19(3)18/h11-12H,4-10,15H2,1-3H3,(H,16,17). The van der Waals surface area contributed by atoms with Gasteiger partial charge < -0.3 is 11.1 Å². The Kier molecular flexibility index (Phi) is 6.47. The molecule has 0 radical (unpaired) electrons. The molecule has 4 nitrogen and oxygen atoms in total. The van der Waals surface area contributed by atoms with E-state index in [4.69, 9.17) is 5.73 Å². The summed E-state index contributed by atoms with van der Waals surface area (Å²) in [5.41, 5.74) is 5.49. The highest BCUT2D eigenvalue weighted by Gasteiger charge is 2.39. The summed E-state index contributed by atoms with van der Waals surface area (Å²) < 4.78 is 11.3. The summed E-state index contributed by atoms with van der Waals surface area (Å²) in [4.78, 5) is 12.3. The number of amides is 1. The molecular formula is C14H28N2O2S. The fourth-order valence-corrected chi connectivity index (χ4v) is 3.03. The Morgan fingerprint density at radius 1 is 1.47 bits per heavy atom. The summed E-state index contributed by atoms with van der Waals surface area (Å²) in [6.45, 7) is 5.21. The van der Waals surface area contributed by atoms with Crippen molar-refractivity contribution in [1.29, 1.82) is 0 Å². The molecule has 1 rings (SSSR count). The lowest BCUT2D eigenvalue weighted by atomic mass is 9.70.